The molecule has 1 aliphatic rings. The number of carbonyl (C=O) groups excluding carboxylic acids is 1. The van der Waals surface area contributed by atoms with E-state index in [9.17, 15) is 4.79 Å². The summed E-state index contributed by atoms with van der Waals surface area (Å²) in [4.78, 5) is 21.2. The summed E-state index contributed by atoms with van der Waals surface area (Å²) in [5.41, 5.74) is -0.103. The lowest BCUT2D eigenvalue weighted by Gasteiger charge is -2.36. The molecule has 0 spiro atoms. The molecule has 130 valence electrons. The first kappa shape index (κ1) is 17.1. The molecule has 0 unspecified atom stereocenters. The first-order chi connectivity index (χ1) is 11.5. The summed E-state index contributed by atoms with van der Waals surface area (Å²) in [6.07, 6.45) is 4.33. The molecule has 0 aliphatic heterocycles. The van der Waals surface area contributed by atoms with Crippen LogP contribution in [0.1, 0.15) is 44.3 Å². The fraction of sp³-hybridized carbons (Fsp3) is 0.625. The lowest BCUT2D eigenvalue weighted by atomic mass is 9.78. The predicted octanol–water partition coefficient (Wildman–Crippen LogP) is 2.72. The largest absolute Gasteiger partial charge is 0.467 e. The summed E-state index contributed by atoms with van der Waals surface area (Å²) in [6.45, 7) is 2.72. The molecule has 2 heterocycles. The van der Waals surface area contributed by atoms with Crippen LogP contribution in [0, 0.1) is 0 Å². The van der Waals surface area contributed by atoms with Gasteiger partial charge in [-0.2, -0.15) is 5.10 Å². The molecule has 1 saturated carbocycles. The van der Waals surface area contributed by atoms with Crippen molar-refractivity contribution in [2.45, 2.75) is 50.7 Å². The van der Waals surface area contributed by atoms with E-state index < -0.39 is 5.60 Å². The normalized spacial score (nSPS) is 24.2. The van der Waals surface area contributed by atoms with E-state index in [1.54, 1.807) is 13.3 Å². The van der Waals surface area contributed by atoms with Gasteiger partial charge in [0.15, 0.2) is 11.2 Å². The number of hydrogen-bond acceptors (Lipinski definition) is 6. The van der Waals surface area contributed by atoms with E-state index in [1.807, 2.05) is 11.6 Å². The number of fused-ring (bicyclic) bond motifs is 1. The molecule has 0 N–H and O–H groups in total. The zero-order valence-corrected chi connectivity index (χ0v) is 14.8. The van der Waals surface area contributed by atoms with E-state index in [4.69, 9.17) is 21.1 Å². The number of ether oxygens (including phenoxy) is 2. The van der Waals surface area contributed by atoms with Gasteiger partial charge in [0.2, 0.25) is 0 Å². The predicted molar refractivity (Wildman–Crippen MR) is 89.0 cm³/mol. The second kappa shape index (κ2) is 6.64. The van der Waals surface area contributed by atoms with E-state index in [1.165, 1.54) is 7.11 Å². The quantitative estimate of drug-likeness (QED) is 0.621. The molecule has 0 saturated heterocycles. The highest BCUT2D eigenvalue weighted by Crippen LogP contribution is 2.40. The van der Waals surface area contributed by atoms with E-state index >= 15 is 0 Å². The van der Waals surface area contributed by atoms with Crippen LogP contribution >= 0.6 is 11.6 Å². The second-order valence-corrected chi connectivity index (χ2v) is 6.39. The van der Waals surface area contributed by atoms with E-state index in [0.29, 0.717) is 23.8 Å². The fourth-order valence-electron chi connectivity index (χ4n) is 3.37. The van der Waals surface area contributed by atoms with Crippen LogP contribution in [0.5, 0.6) is 0 Å². The molecule has 0 bridgehead atoms. The summed E-state index contributed by atoms with van der Waals surface area (Å²) < 4.78 is 12.2. The van der Waals surface area contributed by atoms with Crippen molar-refractivity contribution >= 4 is 28.6 Å². The maximum atomic E-state index is 12.0. The molecule has 8 heteroatoms. The molecule has 0 radical (unpaired) electrons. The highest BCUT2D eigenvalue weighted by Gasteiger charge is 2.44. The first-order valence-electron chi connectivity index (χ1n) is 8.07. The number of methoxy groups -OCH3 is 2. The van der Waals surface area contributed by atoms with Gasteiger partial charge in [-0.05, 0) is 32.6 Å². The number of aryl methyl sites for hydroxylation is 1. The lowest BCUT2D eigenvalue weighted by Crippen LogP contribution is -2.44. The summed E-state index contributed by atoms with van der Waals surface area (Å²) in [5.74, 6) is 0.527. The first-order valence-corrected chi connectivity index (χ1v) is 8.45. The molecule has 0 amide bonds. The third kappa shape index (κ3) is 2.75. The molecule has 2 aromatic heterocycles. The van der Waals surface area contributed by atoms with E-state index in [2.05, 4.69) is 15.1 Å². The Bertz CT molecular complexity index is 753. The summed E-state index contributed by atoms with van der Waals surface area (Å²) in [6, 6.07) is 0. The number of rotatable bonds is 4. The molecule has 0 atom stereocenters. The van der Waals surface area contributed by atoms with Gasteiger partial charge in [-0.1, -0.05) is 11.6 Å². The van der Waals surface area contributed by atoms with Gasteiger partial charge in [-0.15, -0.1) is 0 Å². The topological polar surface area (TPSA) is 79.1 Å². The van der Waals surface area contributed by atoms with Crippen molar-refractivity contribution < 1.29 is 14.3 Å². The molecule has 7 nitrogen and oxygen atoms in total. The van der Waals surface area contributed by atoms with Crippen molar-refractivity contribution in [3.63, 3.8) is 0 Å². The van der Waals surface area contributed by atoms with Crippen LogP contribution in [0.15, 0.2) is 6.20 Å². The highest BCUT2D eigenvalue weighted by atomic mass is 35.5. The lowest BCUT2D eigenvalue weighted by molar-refractivity contribution is -0.170. The molecular formula is C16H21ClN4O3. The van der Waals surface area contributed by atoms with Crippen LogP contribution in [-0.2, 0) is 20.8 Å². The van der Waals surface area contributed by atoms with Gasteiger partial charge in [-0.3, -0.25) is 0 Å². The number of aromatic nitrogens is 4. The van der Waals surface area contributed by atoms with Crippen LogP contribution in [0.2, 0.25) is 5.15 Å². The molecule has 24 heavy (non-hydrogen) atoms. The molecule has 2 aromatic rings. The van der Waals surface area contributed by atoms with Crippen LogP contribution < -0.4 is 0 Å². The van der Waals surface area contributed by atoms with Gasteiger partial charge in [0.25, 0.3) is 0 Å². The van der Waals surface area contributed by atoms with Crippen LogP contribution in [0.3, 0.4) is 0 Å². The minimum absolute atomic E-state index is 0.139. The summed E-state index contributed by atoms with van der Waals surface area (Å²) in [7, 11) is 2.94. The smallest absolute Gasteiger partial charge is 0.338 e. The van der Waals surface area contributed by atoms with Crippen molar-refractivity contribution in [2.24, 2.45) is 0 Å². The van der Waals surface area contributed by atoms with Crippen molar-refractivity contribution in [1.29, 1.82) is 0 Å². The third-order valence-electron chi connectivity index (χ3n) is 4.87. The van der Waals surface area contributed by atoms with Crippen molar-refractivity contribution in [3.8, 4) is 0 Å². The molecule has 0 aromatic carbocycles. The summed E-state index contributed by atoms with van der Waals surface area (Å²) in [5, 5.41) is 5.47. The van der Waals surface area contributed by atoms with Gasteiger partial charge >= 0.3 is 5.97 Å². The second-order valence-electron chi connectivity index (χ2n) is 6.03. The average molecular weight is 353 g/mol. The Hall–Kier alpha value is -1.73. The molecule has 1 aliphatic carbocycles. The Balaban J connectivity index is 1.86. The van der Waals surface area contributed by atoms with Gasteiger partial charge in [0, 0.05) is 19.6 Å². The molecular weight excluding hydrogens is 332 g/mol. The zero-order chi connectivity index (χ0) is 17.3. The van der Waals surface area contributed by atoms with Gasteiger partial charge in [-0.25, -0.2) is 19.4 Å². The average Bonchev–Trinajstić information content (AvgIpc) is 3.04. The Morgan fingerprint density at radius 2 is 2.08 bits per heavy atom. The number of hydrogen-bond donors (Lipinski definition) is 0. The Labute approximate surface area is 145 Å². The number of carbonyl (C=O) groups is 1. The van der Waals surface area contributed by atoms with Crippen molar-refractivity contribution in [3.05, 3.63) is 17.2 Å². The molecule has 3 rings (SSSR count). The minimum atomic E-state index is -0.857. The highest BCUT2D eigenvalue weighted by molar-refractivity contribution is 6.33. The van der Waals surface area contributed by atoms with E-state index in [0.717, 1.165) is 30.4 Å². The third-order valence-corrected chi connectivity index (χ3v) is 5.16. The fourth-order valence-corrected chi connectivity index (χ4v) is 3.59. The standard InChI is InChI=1S/C16H21ClN4O3/c1-4-21-14-11(9-18-21)12(17)19-13(20-14)10-5-7-16(24-3,8-6-10)15(22)23-2/h9-10H,4-8H2,1-3H3. The summed E-state index contributed by atoms with van der Waals surface area (Å²) >= 11 is 6.30. The maximum absolute atomic E-state index is 12.0. The van der Waals surface area contributed by atoms with Gasteiger partial charge in [0.1, 0.15) is 11.0 Å². The van der Waals surface area contributed by atoms with Crippen LogP contribution in [0.25, 0.3) is 11.0 Å². The Morgan fingerprint density at radius 3 is 2.67 bits per heavy atom. The van der Waals surface area contributed by atoms with Gasteiger partial charge in [0.05, 0.1) is 18.7 Å². The zero-order valence-electron chi connectivity index (χ0n) is 14.1. The Kier molecular flexibility index (Phi) is 4.73. The monoisotopic (exact) mass is 352 g/mol. The molecule has 1 fully saturated rings. The van der Waals surface area contributed by atoms with Crippen molar-refractivity contribution in [2.75, 3.05) is 14.2 Å². The van der Waals surface area contributed by atoms with Crippen LogP contribution in [-0.4, -0.2) is 45.5 Å². The Morgan fingerprint density at radius 1 is 1.38 bits per heavy atom. The maximum Gasteiger partial charge on any atom is 0.338 e. The van der Waals surface area contributed by atoms with Crippen LogP contribution in [0.4, 0.5) is 0 Å². The van der Waals surface area contributed by atoms with Crippen molar-refractivity contribution in [1.82, 2.24) is 19.7 Å². The minimum Gasteiger partial charge on any atom is -0.467 e. The number of halogens is 1. The van der Waals surface area contributed by atoms with Gasteiger partial charge < -0.3 is 9.47 Å². The SMILES string of the molecule is CCn1ncc2c(Cl)nc(C3CCC(OC)(C(=O)OC)CC3)nc21. The number of esters is 1. The van der Waals surface area contributed by atoms with E-state index in [-0.39, 0.29) is 11.9 Å². The number of nitrogens with zero attached hydrogens (tertiary/aromatic N) is 4.